The normalized spacial score (nSPS) is 20.2. The van der Waals surface area contributed by atoms with Crippen LogP contribution in [0.1, 0.15) is 43.5 Å². The maximum Gasteiger partial charge on any atom is 0.253 e. The predicted octanol–water partition coefficient (Wildman–Crippen LogP) is 3.26. The van der Waals surface area contributed by atoms with Gasteiger partial charge >= 0.3 is 0 Å². The lowest BCUT2D eigenvalue weighted by molar-refractivity contribution is 0.0693. The second-order valence-corrected chi connectivity index (χ2v) is 6.56. The second kappa shape index (κ2) is 8.16. The van der Waals surface area contributed by atoms with Gasteiger partial charge in [0.15, 0.2) is 0 Å². The molecule has 0 spiro atoms. The van der Waals surface area contributed by atoms with Gasteiger partial charge in [-0.1, -0.05) is 18.1 Å². The Hall–Kier alpha value is -1.81. The molecule has 23 heavy (non-hydrogen) atoms. The zero-order valence-electron chi connectivity index (χ0n) is 14.3. The highest BCUT2D eigenvalue weighted by Gasteiger charge is 2.27. The molecule has 1 saturated carbocycles. The average molecular weight is 317 g/mol. The number of nitrogens with zero attached hydrogens (tertiary/aromatic N) is 1. The third-order valence-corrected chi connectivity index (χ3v) is 4.30. The molecule has 1 aromatic rings. The summed E-state index contributed by atoms with van der Waals surface area (Å²) in [6.45, 7) is 5.15. The van der Waals surface area contributed by atoms with E-state index in [2.05, 4.69) is 0 Å². The fourth-order valence-corrected chi connectivity index (χ4v) is 2.91. The van der Waals surface area contributed by atoms with Crippen molar-refractivity contribution in [2.75, 3.05) is 20.2 Å². The Morgan fingerprint density at radius 1 is 1.39 bits per heavy atom. The smallest absolute Gasteiger partial charge is 0.253 e. The highest BCUT2D eigenvalue weighted by Crippen LogP contribution is 2.26. The maximum absolute atomic E-state index is 12.6. The number of aliphatic hydroxyl groups excluding tert-OH is 1. The topological polar surface area (TPSA) is 49.8 Å². The number of aliphatic hydroxyl groups is 1. The van der Waals surface area contributed by atoms with E-state index in [4.69, 9.17) is 4.74 Å². The lowest BCUT2D eigenvalue weighted by Gasteiger charge is -2.23. The molecule has 1 aromatic carbocycles. The molecular formula is C19H27NO3. The minimum absolute atomic E-state index is 0.0308. The van der Waals surface area contributed by atoms with Crippen molar-refractivity contribution in [2.45, 2.75) is 39.2 Å². The monoisotopic (exact) mass is 317 g/mol. The molecule has 0 heterocycles. The summed E-state index contributed by atoms with van der Waals surface area (Å²) in [7, 11) is 1.80. The Balaban J connectivity index is 1.96. The summed E-state index contributed by atoms with van der Waals surface area (Å²) in [5, 5.41) is 9.91. The van der Waals surface area contributed by atoms with Gasteiger partial charge in [0, 0.05) is 25.1 Å². The average Bonchev–Trinajstić information content (AvgIpc) is 2.91. The molecule has 4 nitrogen and oxygen atoms in total. The summed E-state index contributed by atoms with van der Waals surface area (Å²) in [5.41, 5.74) is 1.82. The zero-order valence-corrected chi connectivity index (χ0v) is 14.3. The molecule has 0 aliphatic heterocycles. The number of carbonyl (C=O) groups excluding carboxylic acids is 1. The first-order valence-electron chi connectivity index (χ1n) is 8.27. The summed E-state index contributed by atoms with van der Waals surface area (Å²) in [6.07, 6.45) is 4.61. The minimum atomic E-state index is -0.274. The lowest BCUT2D eigenvalue weighted by Crippen LogP contribution is -2.34. The number of amides is 1. The molecule has 1 fully saturated rings. The fourth-order valence-electron chi connectivity index (χ4n) is 2.91. The molecule has 1 amide bonds. The van der Waals surface area contributed by atoms with Crippen LogP contribution in [-0.2, 0) is 0 Å². The Morgan fingerprint density at radius 2 is 2.17 bits per heavy atom. The maximum atomic E-state index is 12.6. The standard InChI is InChI=1S/C19H27NO3/c1-14(2)10-11-23-17-8-4-6-15(12-17)19(22)20(3)13-16-7-5-9-18(16)21/h4,6,8,10,12,16,18,21H,5,7,9,11,13H2,1-3H3. The number of rotatable bonds is 6. The van der Waals surface area contributed by atoms with Crippen molar-refractivity contribution in [3.05, 3.63) is 41.5 Å². The first kappa shape index (κ1) is 17.5. The molecule has 0 radical (unpaired) electrons. The van der Waals surface area contributed by atoms with E-state index < -0.39 is 0 Å². The largest absolute Gasteiger partial charge is 0.490 e. The van der Waals surface area contributed by atoms with E-state index in [-0.39, 0.29) is 17.9 Å². The van der Waals surface area contributed by atoms with Gasteiger partial charge in [-0.05, 0) is 51.0 Å². The molecule has 1 aliphatic rings. The molecule has 1 aliphatic carbocycles. The van der Waals surface area contributed by atoms with Crippen LogP contribution in [0.2, 0.25) is 0 Å². The fraction of sp³-hybridized carbons (Fsp3) is 0.526. The molecule has 0 bridgehead atoms. The van der Waals surface area contributed by atoms with Gasteiger partial charge in [-0.2, -0.15) is 0 Å². The van der Waals surface area contributed by atoms with Crippen LogP contribution in [0, 0.1) is 5.92 Å². The van der Waals surface area contributed by atoms with E-state index in [1.165, 1.54) is 5.57 Å². The van der Waals surface area contributed by atoms with Gasteiger partial charge in [-0.25, -0.2) is 0 Å². The quantitative estimate of drug-likeness (QED) is 0.819. The Labute approximate surface area is 138 Å². The van der Waals surface area contributed by atoms with E-state index in [9.17, 15) is 9.90 Å². The van der Waals surface area contributed by atoms with Crippen molar-refractivity contribution in [3.8, 4) is 5.75 Å². The van der Waals surface area contributed by atoms with E-state index >= 15 is 0 Å². The summed E-state index contributed by atoms with van der Waals surface area (Å²) in [6, 6.07) is 7.28. The van der Waals surface area contributed by atoms with E-state index in [0.717, 1.165) is 19.3 Å². The van der Waals surface area contributed by atoms with Crippen LogP contribution in [0.3, 0.4) is 0 Å². The molecule has 2 unspecified atom stereocenters. The van der Waals surface area contributed by atoms with E-state index in [1.807, 2.05) is 32.1 Å². The van der Waals surface area contributed by atoms with Crippen LogP contribution in [-0.4, -0.2) is 42.2 Å². The van der Waals surface area contributed by atoms with Gasteiger partial charge in [-0.3, -0.25) is 4.79 Å². The van der Waals surface area contributed by atoms with Crippen molar-refractivity contribution < 1.29 is 14.6 Å². The molecule has 2 rings (SSSR count). The van der Waals surface area contributed by atoms with E-state index in [0.29, 0.717) is 24.5 Å². The molecule has 2 atom stereocenters. The van der Waals surface area contributed by atoms with Gasteiger partial charge < -0.3 is 14.7 Å². The van der Waals surface area contributed by atoms with Gasteiger partial charge in [0.1, 0.15) is 12.4 Å². The first-order valence-corrected chi connectivity index (χ1v) is 8.27. The van der Waals surface area contributed by atoms with Crippen LogP contribution >= 0.6 is 0 Å². The Morgan fingerprint density at radius 3 is 2.83 bits per heavy atom. The van der Waals surface area contributed by atoms with Crippen molar-refractivity contribution >= 4 is 5.91 Å². The molecular weight excluding hydrogens is 290 g/mol. The zero-order chi connectivity index (χ0) is 16.8. The number of allylic oxidation sites excluding steroid dienone is 1. The number of ether oxygens (including phenoxy) is 1. The highest BCUT2D eigenvalue weighted by molar-refractivity contribution is 5.94. The number of hydrogen-bond acceptors (Lipinski definition) is 3. The van der Waals surface area contributed by atoms with Crippen molar-refractivity contribution in [3.63, 3.8) is 0 Å². The summed E-state index contributed by atoms with van der Waals surface area (Å²) >= 11 is 0. The van der Waals surface area contributed by atoms with E-state index in [1.54, 1.807) is 24.1 Å². The van der Waals surface area contributed by atoms with Crippen molar-refractivity contribution in [1.82, 2.24) is 4.90 Å². The van der Waals surface area contributed by atoms with Crippen LogP contribution in [0.25, 0.3) is 0 Å². The van der Waals surface area contributed by atoms with Gasteiger partial charge in [0.2, 0.25) is 0 Å². The predicted molar refractivity (Wildman–Crippen MR) is 91.7 cm³/mol. The van der Waals surface area contributed by atoms with Gasteiger partial charge in [-0.15, -0.1) is 0 Å². The summed E-state index contributed by atoms with van der Waals surface area (Å²) in [4.78, 5) is 14.3. The third kappa shape index (κ3) is 5.10. The van der Waals surface area contributed by atoms with Gasteiger partial charge in [0.25, 0.3) is 5.91 Å². The van der Waals surface area contributed by atoms with Crippen LogP contribution in [0.15, 0.2) is 35.9 Å². The number of carbonyl (C=O) groups is 1. The Bertz CT molecular complexity index is 563. The summed E-state index contributed by atoms with van der Waals surface area (Å²) < 4.78 is 5.65. The molecule has 1 N–H and O–H groups in total. The van der Waals surface area contributed by atoms with Crippen LogP contribution in [0.4, 0.5) is 0 Å². The molecule has 126 valence electrons. The lowest BCUT2D eigenvalue weighted by atomic mass is 10.1. The SMILES string of the molecule is CC(C)=CCOc1cccc(C(=O)N(C)CC2CCCC2O)c1. The van der Waals surface area contributed by atoms with Gasteiger partial charge in [0.05, 0.1) is 6.10 Å². The summed E-state index contributed by atoms with van der Waals surface area (Å²) in [5.74, 6) is 0.862. The minimum Gasteiger partial charge on any atom is -0.490 e. The molecule has 0 aromatic heterocycles. The van der Waals surface area contributed by atoms with Crippen molar-refractivity contribution in [1.29, 1.82) is 0 Å². The molecule has 4 heteroatoms. The highest BCUT2D eigenvalue weighted by atomic mass is 16.5. The third-order valence-electron chi connectivity index (χ3n) is 4.30. The van der Waals surface area contributed by atoms with Crippen molar-refractivity contribution in [2.24, 2.45) is 5.92 Å². The Kier molecular flexibility index (Phi) is 6.22. The van der Waals surface area contributed by atoms with Crippen LogP contribution < -0.4 is 4.74 Å². The first-order chi connectivity index (χ1) is 11.0. The number of benzene rings is 1. The number of hydrogen-bond donors (Lipinski definition) is 1. The van der Waals surface area contributed by atoms with Crippen LogP contribution in [0.5, 0.6) is 5.75 Å². The second-order valence-electron chi connectivity index (χ2n) is 6.56. The molecule has 0 saturated heterocycles.